The molecule has 6 rings (SSSR count). The molecule has 2 aromatic rings. The highest BCUT2D eigenvalue weighted by Crippen LogP contribution is 2.37. The molecule has 0 radical (unpaired) electrons. The second-order valence-electron chi connectivity index (χ2n) is 12.3. The monoisotopic (exact) mass is 556 g/mol. The van der Waals surface area contributed by atoms with Gasteiger partial charge in [-0.25, -0.2) is 19.6 Å². The maximum absolute atomic E-state index is 15.1. The number of hydrazine groups is 1. The molecule has 1 atom stereocenters. The number of hydrazone groups is 1. The third-order valence-electron chi connectivity index (χ3n) is 7.84. The Kier molecular flexibility index (Phi) is 7.03. The maximum atomic E-state index is 15.1. The fourth-order valence-corrected chi connectivity index (χ4v) is 5.63. The van der Waals surface area contributed by atoms with Gasteiger partial charge in [0.2, 0.25) is 0 Å². The fraction of sp³-hybridized carbons (Fsp3) is 0.516. The summed E-state index contributed by atoms with van der Waals surface area (Å²) in [5, 5.41) is 10.1. The average Bonchev–Trinajstić information content (AvgIpc) is 3.29. The van der Waals surface area contributed by atoms with Crippen LogP contribution in [0.1, 0.15) is 77.3 Å². The SMILES string of the molecule is CC(C)(C)OC(=O)N1CCC(/C=[N+]2/NC(C#Cc3cc4ncn(C5CC5)c4cc3F)=C(C#N)C2=NC2CCCC2)C1. The highest BCUT2D eigenvalue weighted by atomic mass is 19.1. The molecule has 212 valence electrons. The quantitative estimate of drug-likeness (QED) is 0.431. The first-order valence-corrected chi connectivity index (χ1v) is 14.5. The Bertz CT molecular complexity index is 1580. The number of hydrogen-bond acceptors (Lipinski definition) is 6. The second kappa shape index (κ2) is 10.7. The molecule has 3 fully saturated rings. The number of allylic oxidation sites excluding steroid dienone is 1. The Hall–Kier alpha value is -4.18. The lowest BCUT2D eigenvalue weighted by molar-refractivity contribution is -0.456. The predicted molar refractivity (Wildman–Crippen MR) is 153 cm³/mol. The van der Waals surface area contributed by atoms with Crippen LogP contribution in [-0.2, 0) is 4.74 Å². The number of benzene rings is 1. The van der Waals surface area contributed by atoms with Crippen molar-refractivity contribution in [1.29, 1.82) is 5.26 Å². The molecule has 1 N–H and O–H groups in total. The number of carbonyl (C=O) groups is 1. The molecule has 1 amide bonds. The van der Waals surface area contributed by atoms with Crippen molar-refractivity contribution >= 4 is 29.2 Å². The van der Waals surface area contributed by atoms with E-state index in [1.807, 2.05) is 31.6 Å². The first-order chi connectivity index (χ1) is 19.7. The lowest BCUT2D eigenvalue weighted by Crippen LogP contribution is -2.36. The Morgan fingerprint density at radius 3 is 2.71 bits per heavy atom. The van der Waals surface area contributed by atoms with Crippen molar-refractivity contribution in [3.8, 4) is 17.9 Å². The Labute approximate surface area is 239 Å². The zero-order chi connectivity index (χ0) is 28.7. The molecule has 1 unspecified atom stereocenters. The van der Waals surface area contributed by atoms with Crippen molar-refractivity contribution in [2.24, 2.45) is 10.9 Å². The van der Waals surface area contributed by atoms with Crippen LogP contribution in [0.15, 0.2) is 34.7 Å². The van der Waals surface area contributed by atoms with Crippen molar-refractivity contribution in [3.05, 3.63) is 41.1 Å². The number of aromatic nitrogens is 2. The van der Waals surface area contributed by atoms with Crippen LogP contribution in [-0.4, -0.2) is 62.0 Å². The van der Waals surface area contributed by atoms with E-state index >= 15 is 4.39 Å². The average molecular weight is 557 g/mol. The Morgan fingerprint density at radius 2 is 2.00 bits per heavy atom. The molecule has 0 bridgehead atoms. The summed E-state index contributed by atoms with van der Waals surface area (Å²) in [7, 11) is 0. The summed E-state index contributed by atoms with van der Waals surface area (Å²) in [6.07, 6.45) is 10.5. The smallest absolute Gasteiger partial charge is 0.410 e. The molecule has 3 heterocycles. The summed E-state index contributed by atoms with van der Waals surface area (Å²) in [5.74, 6) is 6.08. The van der Waals surface area contributed by atoms with Gasteiger partial charge in [0.1, 0.15) is 29.7 Å². The maximum Gasteiger partial charge on any atom is 0.410 e. The van der Waals surface area contributed by atoms with Gasteiger partial charge in [0.05, 0.1) is 22.9 Å². The first-order valence-electron chi connectivity index (χ1n) is 14.5. The van der Waals surface area contributed by atoms with Crippen molar-refractivity contribution in [1.82, 2.24) is 19.9 Å². The number of ether oxygens (including phenoxy) is 1. The molecular formula is C31H35FN7O2+. The molecule has 2 aliphatic carbocycles. The van der Waals surface area contributed by atoms with E-state index in [4.69, 9.17) is 9.73 Å². The van der Waals surface area contributed by atoms with E-state index in [2.05, 4.69) is 28.3 Å². The van der Waals surface area contributed by atoms with Crippen molar-refractivity contribution in [3.63, 3.8) is 0 Å². The van der Waals surface area contributed by atoms with Crippen LogP contribution in [0.3, 0.4) is 0 Å². The predicted octanol–water partition coefficient (Wildman–Crippen LogP) is 4.84. The van der Waals surface area contributed by atoms with Gasteiger partial charge >= 0.3 is 11.9 Å². The normalized spacial score (nSPS) is 23.3. The summed E-state index contributed by atoms with van der Waals surface area (Å²) in [5.41, 5.74) is 5.09. The number of aliphatic imine (C=N–C) groups is 1. The van der Waals surface area contributed by atoms with Crippen molar-refractivity contribution in [2.75, 3.05) is 13.1 Å². The van der Waals surface area contributed by atoms with Crippen molar-refractivity contribution in [2.45, 2.75) is 83.4 Å². The first kappa shape index (κ1) is 27.0. The van der Waals surface area contributed by atoms with Crippen LogP contribution in [0.5, 0.6) is 0 Å². The van der Waals surface area contributed by atoms with Crippen LogP contribution in [0.4, 0.5) is 9.18 Å². The van der Waals surface area contributed by atoms with Gasteiger partial charge in [-0.15, -0.1) is 4.68 Å². The van der Waals surface area contributed by atoms with E-state index in [1.165, 1.54) is 6.07 Å². The second-order valence-corrected chi connectivity index (χ2v) is 12.3. The Morgan fingerprint density at radius 1 is 1.22 bits per heavy atom. The molecule has 1 saturated heterocycles. The lowest BCUT2D eigenvalue weighted by Gasteiger charge is -2.24. The number of amidine groups is 1. The van der Waals surface area contributed by atoms with Gasteiger partial charge < -0.3 is 14.2 Å². The number of nitrogens with one attached hydrogen (secondary N) is 1. The summed E-state index contributed by atoms with van der Waals surface area (Å²) < 4.78 is 24.4. The molecular weight excluding hydrogens is 521 g/mol. The lowest BCUT2D eigenvalue weighted by atomic mass is 10.1. The number of nitriles is 1. The summed E-state index contributed by atoms with van der Waals surface area (Å²) in [6.45, 7) is 6.65. The zero-order valence-electron chi connectivity index (χ0n) is 23.8. The fourth-order valence-electron chi connectivity index (χ4n) is 5.63. The van der Waals surface area contributed by atoms with Crippen LogP contribution in [0.25, 0.3) is 11.0 Å². The summed E-state index contributed by atoms with van der Waals surface area (Å²) in [4.78, 5) is 23.7. The molecule has 1 aromatic heterocycles. The number of fused-ring (bicyclic) bond motifs is 1. The standard InChI is InChI=1S/C31H35FN7O2/c1-31(2,3)41-30(40)37-13-12-20(17-37)18-39-29(35-22-6-4-5-7-22)24(16-33)26(36-39)11-8-21-14-27-28(15-25(21)32)38(19-34-27)23-9-10-23/h14-15,18-20,22-23,36H,4-7,9-10,12-13,17H2,1-3H3/q+1/b35-29?,39-18+. The third kappa shape index (κ3) is 5.83. The summed E-state index contributed by atoms with van der Waals surface area (Å²) >= 11 is 0. The number of imidazole rings is 1. The molecule has 41 heavy (non-hydrogen) atoms. The molecule has 1 aromatic carbocycles. The number of carbonyl (C=O) groups excluding carboxylic acids is 1. The topological polar surface area (TPSA) is 98.5 Å². The Balaban J connectivity index is 1.28. The largest absolute Gasteiger partial charge is 0.444 e. The molecule has 4 aliphatic rings. The zero-order valence-corrected chi connectivity index (χ0v) is 23.8. The van der Waals surface area contributed by atoms with E-state index in [9.17, 15) is 10.1 Å². The molecule has 2 aliphatic heterocycles. The molecule has 2 saturated carbocycles. The minimum Gasteiger partial charge on any atom is -0.444 e. The van der Waals surface area contributed by atoms with Gasteiger partial charge in [-0.05, 0) is 77.7 Å². The van der Waals surface area contributed by atoms with Crippen LogP contribution in [0.2, 0.25) is 0 Å². The number of rotatable bonds is 3. The summed E-state index contributed by atoms with van der Waals surface area (Å²) in [6, 6.07) is 5.98. The van der Waals surface area contributed by atoms with Crippen molar-refractivity contribution < 1.29 is 18.6 Å². The molecule has 0 spiro atoms. The molecule has 10 heteroatoms. The van der Waals surface area contributed by atoms with Crippen LogP contribution >= 0.6 is 0 Å². The van der Waals surface area contributed by atoms with Gasteiger partial charge in [-0.3, -0.25) is 0 Å². The van der Waals surface area contributed by atoms with E-state index in [-0.39, 0.29) is 23.6 Å². The minimum atomic E-state index is -0.559. The number of hydrogen-bond donors (Lipinski definition) is 1. The minimum absolute atomic E-state index is 0.0393. The third-order valence-corrected chi connectivity index (χ3v) is 7.84. The highest BCUT2D eigenvalue weighted by Gasteiger charge is 2.37. The number of nitrogens with zero attached hydrogens (tertiary/aromatic N) is 6. The number of halogens is 1. The molecule has 9 nitrogen and oxygen atoms in total. The number of amides is 1. The van der Waals surface area contributed by atoms with Crippen LogP contribution in [0, 0.1) is 34.9 Å². The van der Waals surface area contributed by atoms with Crippen LogP contribution < -0.4 is 5.43 Å². The van der Waals surface area contributed by atoms with Gasteiger partial charge in [-0.2, -0.15) is 5.26 Å². The van der Waals surface area contributed by atoms with Gasteiger partial charge in [0, 0.05) is 31.1 Å². The number of likely N-dealkylation sites (tertiary alicyclic amines) is 1. The van der Waals surface area contributed by atoms with Gasteiger partial charge in [0.25, 0.3) is 0 Å². The van der Waals surface area contributed by atoms with E-state index < -0.39 is 11.4 Å². The highest BCUT2D eigenvalue weighted by molar-refractivity contribution is 6.00. The van der Waals surface area contributed by atoms with E-state index in [0.29, 0.717) is 41.8 Å². The van der Waals surface area contributed by atoms with E-state index in [0.717, 1.165) is 50.5 Å². The van der Waals surface area contributed by atoms with E-state index in [1.54, 1.807) is 22.0 Å². The van der Waals surface area contributed by atoms with Gasteiger partial charge in [0.15, 0.2) is 11.3 Å². The van der Waals surface area contributed by atoms with Gasteiger partial charge in [-0.1, -0.05) is 10.9 Å².